The van der Waals surface area contributed by atoms with Gasteiger partial charge in [-0.25, -0.2) is 4.98 Å². The van der Waals surface area contributed by atoms with Gasteiger partial charge < -0.3 is 5.32 Å². The van der Waals surface area contributed by atoms with E-state index in [0.717, 1.165) is 30.7 Å². The molecule has 1 N–H and O–H groups in total. The first kappa shape index (κ1) is 13.9. The lowest BCUT2D eigenvalue weighted by Gasteiger charge is -2.41. The maximum atomic E-state index is 4.71. The van der Waals surface area contributed by atoms with E-state index in [1.54, 1.807) is 0 Å². The first-order chi connectivity index (χ1) is 9.85. The molecule has 1 aromatic rings. The predicted molar refractivity (Wildman–Crippen MR) is 83.7 cm³/mol. The molecule has 1 aliphatic carbocycles. The third kappa shape index (κ3) is 3.32. The number of hydrogen-bond acceptors (Lipinski definition) is 3. The zero-order valence-electron chi connectivity index (χ0n) is 12.6. The molecule has 2 heterocycles. The lowest BCUT2D eigenvalue weighted by molar-refractivity contribution is 0.0812. The first-order valence-corrected chi connectivity index (χ1v) is 8.27. The van der Waals surface area contributed by atoms with Crippen LogP contribution in [0.25, 0.3) is 0 Å². The summed E-state index contributed by atoms with van der Waals surface area (Å²) in [5.41, 5.74) is 1.21. The molecule has 110 valence electrons. The zero-order valence-corrected chi connectivity index (χ0v) is 12.6. The second-order valence-electron chi connectivity index (χ2n) is 6.37. The van der Waals surface area contributed by atoms with E-state index in [1.165, 1.54) is 50.9 Å². The maximum absolute atomic E-state index is 4.71. The van der Waals surface area contributed by atoms with Crippen molar-refractivity contribution in [3.8, 4) is 0 Å². The number of fused-ring (bicyclic) bond motifs is 1. The summed E-state index contributed by atoms with van der Waals surface area (Å²) in [5, 5.41) is 3.30. The topological polar surface area (TPSA) is 28.2 Å². The molecular weight excluding hydrogens is 246 g/mol. The summed E-state index contributed by atoms with van der Waals surface area (Å²) in [4.78, 5) is 7.32. The molecule has 1 aliphatic heterocycles. The van der Waals surface area contributed by atoms with E-state index >= 15 is 0 Å². The minimum absolute atomic E-state index is 0.934. The van der Waals surface area contributed by atoms with Gasteiger partial charge >= 0.3 is 0 Å². The quantitative estimate of drug-likeness (QED) is 0.909. The van der Waals surface area contributed by atoms with E-state index in [-0.39, 0.29) is 0 Å². The fraction of sp³-hybridized carbons (Fsp3) is 0.706. The molecule has 2 atom stereocenters. The second kappa shape index (κ2) is 6.57. The fourth-order valence-corrected chi connectivity index (χ4v) is 3.90. The molecule has 20 heavy (non-hydrogen) atoms. The zero-order chi connectivity index (χ0) is 13.8. The van der Waals surface area contributed by atoms with Crippen LogP contribution in [0, 0.1) is 11.8 Å². The van der Waals surface area contributed by atoms with E-state index in [9.17, 15) is 0 Å². The number of nitrogens with one attached hydrogen (secondary N) is 1. The van der Waals surface area contributed by atoms with Crippen LogP contribution in [0.5, 0.6) is 0 Å². The van der Waals surface area contributed by atoms with Crippen LogP contribution in [0.4, 0.5) is 5.82 Å². The molecule has 0 amide bonds. The second-order valence-corrected chi connectivity index (χ2v) is 6.37. The Labute approximate surface area is 122 Å². The highest BCUT2D eigenvalue weighted by molar-refractivity contribution is 5.34. The summed E-state index contributed by atoms with van der Waals surface area (Å²) in [6.45, 7) is 6.61. The molecule has 0 spiro atoms. The molecular formula is C17H27N3. The van der Waals surface area contributed by atoms with Crippen molar-refractivity contribution in [3.63, 3.8) is 0 Å². The number of piperidine rings is 1. The molecule has 1 saturated heterocycles. The van der Waals surface area contributed by atoms with Gasteiger partial charge in [0.25, 0.3) is 0 Å². The third-order valence-electron chi connectivity index (χ3n) is 4.93. The van der Waals surface area contributed by atoms with Gasteiger partial charge in [0.2, 0.25) is 0 Å². The van der Waals surface area contributed by atoms with E-state index in [4.69, 9.17) is 4.98 Å². The molecule has 0 aromatic carbocycles. The maximum Gasteiger partial charge on any atom is 0.126 e. The third-order valence-corrected chi connectivity index (χ3v) is 4.93. The van der Waals surface area contributed by atoms with Crippen LogP contribution in [0.2, 0.25) is 0 Å². The Bertz CT molecular complexity index is 432. The van der Waals surface area contributed by atoms with Crippen molar-refractivity contribution in [1.29, 1.82) is 0 Å². The summed E-state index contributed by atoms with van der Waals surface area (Å²) in [6, 6.07) is 6.34. The highest BCUT2D eigenvalue weighted by atomic mass is 15.1. The van der Waals surface area contributed by atoms with Crippen LogP contribution in [-0.2, 0) is 6.54 Å². The lowest BCUT2D eigenvalue weighted by Crippen LogP contribution is -2.41. The summed E-state index contributed by atoms with van der Waals surface area (Å²) in [7, 11) is 0. The Morgan fingerprint density at radius 2 is 2.05 bits per heavy atom. The average Bonchev–Trinajstić information content (AvgIpc) is 2.48. The van der Waals surface area contributed by atoms with E-state index in [2.05, 4.69) is 35.3 Å². The van der Waals surface area contributed by atoms with Crippen LogP contribution in [-0.4, -0.2) is 29.5 Å². The van der Waals surface area contributed by atoms with Crippen LogP contribution in [0.3, 0.4) is 0 Å². The Kier molecular flexibility index (Phi) is 4.56. The minimum atomic E-state index is 0.934. The van der Waals surface area contributed by atoms with Gasteiger partial charge in [-0.2, -0.15) is 0 Å². The van der Waals surface area contributed by atoms with Gasteiger partial charge in [0.15, 0.2) is 0 Å². The number of nitrogens with zero attached hydrogens (tertiary/aromatic N) is 2. The highest BCUT2D eigenvalue weighted by Gasteiger charge is 2.30. The Balaban J connectivity index is 1.59. The van der Waals surface area contributed by atoms with Crippen LogP contribution in [0.15, 0.2) is 18.2 Å². The Hall–Kier alpha value is -1.09. The van der Waals surface area contributed by atoms with E-state index < -0.39 is 0 Å². The van der Waals surface area contributed by atoms with Crippen molar-refractivity contribution in [2.45, 2.75) is 45.6 Å². The van der Waals surface area contributed by atoms with Gasteiger partial charge in [0.05, 0.1) is 5.69 Å². The number of hydrogen-bond donors (Lipinski definition) is 1. The number of anilines is 1. The van der Waals surface area contributed by atoms with Crippen molar-refractivity contribution in [3.05, 3.63) is 23.9 Å². The SMILES string of the molecule is CCNc1cccc(CN2CCC3CCCCC3C2)n1. The van der Waals surface area contributed by atoms with Crippen molar-refractivity contribution < 1.29 is 0 Å². The first-order valence-electron chi connectivity index (χ1n) is 8.27. The number of rotatable bonds is 4. The Morgan fingerprint density at radius 1 is 1.20 bits per heavy atom. The van der Waals surface area contributed by atoms with Gasteiger partial charge in [-0.05, 0) is 50.3 Å². The number of aromatic nitrogens is 1. The molecule has 1 aromatic heterocycles. The lowest BCUT2D eigenvalue weighted by atomic mass is 9.75. The number of pyridine rings is 1. The molecule has 0 bridgehead atoms. The predicted octanol–water partition coefficient (Wildman–Crippen LogP) is 3.53. The van der Waals surface area contributed by atoms with Gasteiger partial charge in [0, 0.05) is 19.6 Å². The van der Waals surface area contributed by atoms with Gasteiger partial charge in [0.1, 0.15) is 5.82 Å². The molecule has 3 nitrogen and oxygen atoms in total. The molecule has 3 heteroatoms. The smallest absolute Gasteiger partial charge is 0.126 e. The van der Waals surface area contributed by atoms with Crippen LogP contribution >= 0.6 is 0 Å². The average molecular weight is 273 g/mol. The summed E-state index contributed by atoms with van der Waals surface area (Å²) in [5.74, 6) is 2.98. The molecule has 1 saturated carbocycles. The van der Waals surface area contributed by atoms with Crippen molar-refractivity contribution in [2.24, 2.45) is 11.8 Å². The van der Waals surface area contributed by atoms with Crippen molar-refractivity contribution in [1.82, 2.24) is 9.88 Å². The van der Waals surface area contributed by atoms with Gasteiger partial charge in [-0.15, -0.1) is 0 Å². The standard InChI is InChI=1S/C17H27N3/c1-2-18-17-9-5-8-16(19-17)13-20-11-10-14-6-3-4-7-15(14)12-20/h5,8-9,14-15H,2-4,6-7,10-13H2,1H3,(H,18,19). The Morgan fingerprint density at radius 3 is 2.90 bits per heavy atom. The normalized spacial score (nSPS) is 27.1. The summed E-state index contributed by atoms with van der Waals surface area (Å²) < 4.78 is 0. The molecule has 0 radical (unpaired) electrons. The molecule has 2 aliphatic rings. The van der Waals surface area contributed by atoms with Crippen molar-refractivity contribution >= 4 is 5.82 Å². The van der Waals surface area contributed by atoms with Gasteiger partial charge in [-0.1, -0.05) is 25.3 Å². The number of likely N-dealkylation sites (tertiary alicyclic amines) is 1. The fourth-order valence-electron chi connectivity index (χ4n) is 3.90. The monoisotopic (exact) mass is 273 g/mol. The van der Waals surface area contributed by atoms with E-state index in [1.807, 2.05) is 0 Å². The minimum Gasteiger partial charge on any atom is -0.370 e. The molecule has 2 unspecified atom stereocenters. The molecule has 2 fully saturated rings. The van der Waals surface area contributed by atoms with Crippen LogP contribution < -0.4 is 5.32 Å². The highest BCUT2D eigenvalue weighted by Crippen LogP contribution is 2.36. The molecule has 3 rings (SSSR count). The summed E-state index contributed by atoms with van der Waals surface area (Å²) in [6.07, 6.45) is 7.24. The van der Waals surface area contributed by atoms with E-state index in [0.29, 0.717) is 0 Å². The summed E-state index contributed by atoms with van der Waals surface area (Å²) >= 11 is 0. The van der Waals surface area contributed by atoms with Crippen LogP contribution in [0.1, 0.15) is 44.7 Å². The van der Waals surface area contributed by atoms with Gasteiger partial charge in [-0.3, -0.25) is 4.90 Å². The largest absolute Gasteiger partial charge is 0.370 e. The van der Waals surface area contributed by atoms with Crippen molar-refractivity contribution in [2.75, 3.05) is 25.0 Å².